The Hall–Kier alpha value is -2.71. The van der Waals surface area contributed by atoms with Crippen molar-refractivity contribution >= 4 is 21.8 Å². The zero-order valence-corrected chi connectivity index (χ0v) is 21.4. The summed E-state index contributed by atoms with van der Waals surface area (Å²) in [5.41, 5.74) is 2.59. The minimum atomic E-state index is -3.59. The first kappa shape index (κ1) is 25.4. The molecule has 35 heavy (non-hydrogen) atoms. The second kappa shape index (κ2) is 10.9. The molecule has 0 aromatic heterocycles. The number of nitrogens with one attached hydrogen (secondary N) is 1. The van der Waals surface area contributed by atoms with Gasteiger partial charge in [-0.05, 0) is 76.1 Å². The smallest absolute Gasteiger partial charge is 0.251 e. The van der Waals surface area contributed by atoms with E-state index >= 15 is 0 Å². The Bertz CT molecular complexity index is 1130. The van der Waals surface area contributed by atoms with Gasteiger partial charge in [-0.3, -0.25) is 9.59 Å². The third-order valence-corrected chi connectivity index (χ3v) is 9.08. The standard InChI is InChI=1S/C27H35N3O4S/c1-20-6-10-23(11-7-20)26(31)28-25(27(32)29-16-4-3-5-17-29)22-14-18-30(19-15-22)35(33,34)24-12-8-21(2)9-13-24/h6-13,22,25H,3-5,14-19H2,1-2H3,(H,28,31)/t25-/m1/s1. The van der Waals surface area contributed by atoms with Crippen molar-refractivity contribution in [3.05, 3.63) is 65.2 Å². The molecule has 2 aliphatic heterocycles. The van der Waals surface area contributed by atoms with E-state index in [0.717, 1.165) is 30.4 Å². The van der Waals surface area contributed by atoms with Gasteiger partial charge in [-0.25, -0.2) is 8.42 Å². The number of sulfonamides is 1. The number of benzene rings is 2. The van der Waals surface area contributed by atoms with E-state index in [1.54, 1.807) is 36.4 Å². The minimum absolute atomic E-state index is 0.0509. The number of hydrogen-bond acceptors (Lipinski definition) is 4. The lowest BCUT2D eigenvalue weighted by molar-refractivity contribution is -0.135. The molecule has 2 aliphatic rings. The highest BCUT2D eigenvalue weighted by Gasteiger charge is 2.38. The number of rotatable bonds is 6. The molecule has 0 aliphatic carbocycles. The monoisotopic (exact) mass is 497 g/mol. The summed E-state index contributed by atoms with van der Waals surface area (Å²) in [4.78, 5) is 28.7. The molecule has 2 amide bonds. The molecule has 0 saturated carbocycles. The van der Waals surface area contributed by atoms with Gasteiger partial charge in [0.05, 0.1) is 4.90 Å². The number of nitrogens with zero attached hydrogens (tertiary/aromatic N) is 2. The van der Waals surface area contributed by atoms with Gasteiger partial charge >= 0.3 is 0 Å². The molecule has 2 saturated heterocycles. The van der Waals surface area contributed by atoms with Gasteiger partial charge in [0.1, 0.15) is 6.04 Å². The quantitative estimate of drug-likeness (QED) is 0.662. The van der Waals surface area contributed by atoms with Crippen molar-refractivity contribution in [2.24, 2.45) is 5.92 Å². The maximum Gasteiger partial charge on any atom is 0.251 e. The first-order valence-corrected chi connectivity index (χ1v) is 13.9. The average molecular weight is 498 g/mol. The summed E-state index contributed by atoms with van der Waals surface area (Å²) >= 11 is 0. The van der Waals surface area contributed by atoms with Crippen molar-refractivity contribution in [2.45, 2.75) is 56.9 Å². The predicted octanol–water partition coefficient (Wildman–Crippen LogP) is 3.52. The molecule has 4 rings (SSSR count). The lowest BCUT2D eigenvalue weighted by Crippen LogP contribution is -2.55. The van der Waals surface area contributed by atoms with Crippen molar-refractivity contribution in [3.8, 4) is 0 Å². The summed E-state index contributed by atoms with van der Waals surface area (Å²) in [6.07, 6.45) is 4.08. The molecule has 7 nitrogen and oxygen atoms in total. The third kappa shape index (κ3) is 5.93. The van der Waals surface area contributed by atoms with Crippen LogP contribution in [0.3, 0.4) is 0 Å². The second-order valence-electron chi connectivity index (χ2n) is 9.76. The number of aryl methyl sites for hydroxylation is 2. The van der Waals surface area contributed by atoms with E-state index < -0.39 is 16.1 Å². The molecule has 2 aromatic rings. The molecule has 1 N–H and O–H groups in total. The van der Waals surface area contributed by atoms with Crippen LogP contribution in [0.4, 0.5) is 0 Å². The van der Waals surface area contributed by atoms with Gasteiger partial charge in [0.2, 0.25) is 15.9 Å². The first-order valence-electron chi connectivity index (χ1n) is 12.5. The van der Waals surface area contributed by atoms with E-state index in [9.17, 15) is 18.0 Å². The van der Waals surface area contributed by atoms with Gasteiger partial charge in [0.25, 0.3) is 5.91 Å². The zero-order valence-electron chi connectivity index (χ0n) is 20.6. The number of piperidine rings is 2. The van der Waals surface area contributed by atoms with Crippen molar-refractivity contribution in [1.82, 2.24) is 14.5 Å². The van der Waals surface area contributed by atoms with Crippen LogP contribution in [0.15, 0.2) is 53.4 Å². The molecule has 2 aromatic carbocycles. The van der Waals surface area contributed by atoms with Crippen molar-refractivity contribution in [3.63, 3.8) is 0 Å². The van der Waals surface area contributed by atoms with E-state index in [1.165, 1.54) is 4.31 Å². The Labute approximate surface area is 208 Å². The highest BCUT2D eigenvalue weighted by Crippen LogP contribution is 2.27. The fourth-order valence-electron chi connectivity index (χ4n) is 4.93. The normalized spacial score (nSPS) is 18.7. The fraction of sp³-hybridized carbons (Fsp3) is 0.481. The molecule has 188 valence electrons. The molecule has 1 atom stereocenters. The number of carbonyl (C=O) groups is 2. The van der Waals surface area contributed by atoms with Crippen LogP contribution in [0.1, 0.15) is 53.6 Å². The topological polar surface area (TPSA) is 86.8 Å². The largest absolute Gasteiger partial charge is 0.341 e. The van der Waals surface area contributed by atoms with Crippen LogP contribution in [0.25, 0.3) is 0 Å². The number of likely N-dealkylation sites (tertiary alicyclic amines) is 1. The van der Waals surface area contributed by atoms with Crippen LogP contribution in [0.5, 0.6) is 0 Å². The molecule has 0 unspecified atom stereocenters. The number of amides is 2. The van der Waals surface area contributed by atoms with Crippen molar-refractivity contribution in [2.75, 3.05) is 26.2 Å². The molecule has 2 heterocycles. The number of carbonyl (C=O) groups excluding carboxylic acids is 2. The molecule has 8 heteroatoms. The van der Waals surface area contributed by atoms with Crippen LogP contribution < -0.4 is 5.32 Å². The van der Waals surface area contributed by atoms with E-state index in [4.69, 9.17) is 0 Å². The summed E-state index contributed by atoms with van der Waals surface area (Å²) in [6, 6.07) is 13.5. The Morgan fingerprint density at radius 2 is 1.37 bits per heavy atom. The van der Waals surface area contributed by atoms with Crippen LogP contribution in [-0.4, -0.2) is 61.7 Å². The van der Waals surface area contributed by atoms with E-state index in [0.29, 0.717) is 44.6 Å². The Morgan fingerprint density at radius 1 is 0.829 bits per heavy atom. The van der Waals surface area contributed by atoms with E-state index in [-0.39, 0.29) is 22.6 Å². The van der Waals surface area contributed by atoms with Gasteiger partial charge < -0.3 is 10.2 Å². The second-order valence-corrected chi connectivity index (χ2v) is 11.7. The van der Waals surface area contributed by atoms with Crippen LogP contribution in [-0.2, 0) is 14.8 Å². The SMILES string of the molecule is Cc1ccc(C(=O)N[C@@H](C(=O)N2CCCCC2)C2CCN(S(=O)(=O)c3ccc(C)cc3)CC2)cc1. The van der Waals surface area contributed by atoms with E-state index in [2.05, 4.69) is 5.32 Å². The fourth-order valence-corrected chi connectivity index (χ4v) is 6.40. The minimum Gasteiger partial charge on any atom is -0.341 e. The summed E-state index contributed by atoms with van der Waals surface area (Å²) < 4.78 is 27.8. The summed E-state index contributed by atoms with van der Waals surface area (Å²) in [5.74, 6) is -0.441. The lowest BCUT2D eigenvalue weighted by Gasteiger charge is -2.38. The summed E-state index contributed by atoms with van der Waals surface area (Å²) in [7, 11) is -3.59. The maximum absolute atomic E-state index is 13.5. The Morgan fingerprint density at radius 3 is 1.94 bits per heavy atom. The lowest BCUT2D eigenvalue weighted by atomic mass is 9.88. The molecule has 0 spiro atoms. The predicted molar refractivity (Wildman–Crippen MR) is 136 cm³/mol. The third-order valence-electron chi connectivity index (χ3n) is 7.16. The molecular weight excluding hydrogens is 462 g/mol. The van der Waals surface area contributed by atoms with Crippen LogP contribution in [0, 0.1) is 19.8 Å². The van der Waals surface area contributed by atoms with Crippen molar-refractivity contribution < 1.29 is 18.0 Å². The Balaban J connectivity index is 1.49. The summed E-state index contributed by atoms with van der Waals surface area (Å²) in [5, 5.41) is 3.01. The van der Waals surface area contributed by atoms with Gasteiger partial charge in [-0.15, -0.1) is 0 Å². The highest BCUT2D eigenvalue weighted by molar-refractivity contribution is 7.89. The highest BCUT2D eigenvalue weighted by atomic mass is 32.2. The van der Waals surface area contributed by atoms with Crippen LogP contribution in [0.2, 0.25) is 0 Å². The van der Waals surface area contributed by atoms with Gasteiger partial charge in [0, 0.05) is 31.7 Å². The van der Waals surface area contributed by atoms with Crippen molar-refractivity contribution in [1.29, 1.82) is 0 Å². The summed E-state index contributed by atoms with van der Waals surface area (Å²) in [6.45, 7) is 5.94. The number of hydrogen-bond donors (Lipinski definition) is 1. The molecule has 2 fully saturated rings. The van der Waals surface area contributed by atoms with Gasteiger partial charge in [-0.2, -0.15) is 4.31 Å². The Kier molecular flexibility index (Phi) is 7.91. The van der Waals surface area contributed by atoms with Crippen LogP contribution >= 0.6 is 0 Å². The molecule has 0 radical (unpaired) electrons. The molecular formula is C27H35N3O4S. The van der Waals surface area contributed by atoms with Gasteiger partial charge in [0.15, 0.2) is 0 Å². The maximum atomic E-state index is 13.5. The first-order chi connectivity index (χ1) is 16.8. The zero-order chi connectivity index (χ0) is 25.0. The molecule has 0 bridgehead atoms. The average Bonchev–Trinajstić information content (AvgIpc) is 2.88. The van der Waals surface area contributed by atoms with E-state index in [1.807, 2.05) is 30.9 Å². The van der Waals surface area contributed by atoms with Gasteiger partial charge in [-0.1, -0.05) is 35.4 Å².